The molecule has 0 unspecified atom stereocenters. The van der Waals surface area contributed by atoms with Gasteiger partial charge in [-0.15, -0.1) is 0 Å². The number of hydrogen-bond donors (Lipinski definition) is 2. The van der Waals surface area contributed by atoms with Gasteiger partial charge >= 0.3 is 5.76 Å². The predicted molar refractivity (Wildman–Crippen MR) is 109 cm³/mol. The van der Waals surface area contributed by atoms with Crippen LogP contribution in [-0.4, -0.2) is 42.6 Å². The van der Waals surface area contributed by atoms with Crippen molar-refractivity contribution in [3.63, 3.8) is 0 Å². The summed E-state index contributed by atoms with van der Waals surface area (Å²) >= 11 is 0. The number of fused-ring (bicyclic) bond motifs is 2. The van der Waals surface area contributed by atoms with Crippen molar-refractivity contribution in [2.75, 3.05) is 32.5 Å². The minimum atomic E-state index is -0.433. The molecule has 0 spiro atoms. The molecule has 0 atom stereocenters. The summed E-state index contributed by atoms with van der Waals surface area (Å²) in [5.41, 5.74) is 3.62. The summed E-state index contributed by atoms with van der Waals surface area (Å²) in [7, 11) is 3.85. The maximum atomic E-state index is 14.0. The van der Waals surface area contributed by atoms with Crippen LogP contribution in [0.5, 0.6) is 0 Å². The van der Waals surface area contributed by atoms with Crippen molar-refractivity contribution in [2.45, 2.75) is 19.5 Å². The number of anilines is 1. The molecule has 3 aromatic rings. The lowest BCUT2D eigenvalue weighted by Gasteiger charge is -2.20. The predicted octanol–water partition coefficient (Wildman–Crippen LogP) is 2.19. The van der Waals surface area contributed by atoms with E-state index >= 15 is 0 Å². The average Bonchev–Trinajstić information content (AvgIpc) is 3.00. The van der Waals surface area contributed by atoms with E-state index in [1.165, 1.54) is 12.1 Å². The van der Waals surface area contributed by atoms with Crippen molar-refractivity contribution in [3.8, 4) is 0 Å². The van der Waals surface area contributed by atoms with Crippen LogP contribution in [0.4, 0.5) is 10.1 Å². The van der Waals surface area contributed by atoms with E-state index in [0.717, 1.165) is 17.7 Å². The molecule has 8 heteroatoms. The third kappa shape index (κ3) is 3.94. The number of hydrogen-bond acceptors (Lipinski definition) is 5. The Morgan fingerprint density at radius 1 is 1.31 bits per heavy atom. The highest BCUT2D eigenvalue weighted by atomic mass is 19.1. The molecule has 2 heterocycles. The molecule has 0 saturated carbocycles. The number of halogens is 1. The minimum Gasteiger partial charge on any atom is -0.408 e. The zero-order valence-corrected chi connectivity index (χ0v) is 16.4. The molecule has 1 aromatic heterocycles. The summed E-state index contributed by atoms with van der Waals surface area (Å²) in [4.78, 5) is 27.0. The zero-order chi connectivity index (χ0) is 20.5. The third-order valence-corrected chi connectivity index (χ3v) is 5.12. The number of nitrogens with one attached hydrogen (secondary N) is 2. The maximum absolute atomic E-state index is 14.0. The highest BCUT2D eigenvalue weighted by molar-refractivity contribution is 6.06. The fourth-order valence-electron chi connectivity index (χ4n) is 3.64. The second-order valence-corrected chi connectivity index (χ2v) is 7.48. The number of likely N-dealkylation sites (N-methyl/N-ethyl adjacent to an activating group) is 1. The summed E-state index contributed by atoms with van der Waals surface area (Å²) in [5.74, 6) is -1.23. The zero-order valence-electron chi connectivity index (χ0n) is 16.4. The third-order valence-electron chi connectivity index (χ3n) is 5.12. The largest absolute Gasteiger partial charge is 0.419 e. The van der Waals surface area contributed by atoms with Crippen LogP contribution in [0.25, 0.3) is 11.1 Å². The molecule has 1 aliphatic heterocycles. The van der Waals surface area contributed by atoms with Gasteiger partial charge in [0.25, 0.3) is 5.91 Å². The standard InChI is InChI=1S/C21H23FN4O3/c1-25(2)7-8-26-18-11-15(3-4-19(18)29-21(26)28)24-20(27)17-10-14(22)9-13-12-23-6-5-16(13)17/h3-4,9-11,23H,5-8,12H2,1-2H3,(H,24,27). The van der Waals surface area contributed by atoms with Gasteiger partial charge in [0.1, 0.15) is 5.82 Å². The van der Waals surface area contributed by atoms with Gasteiger partial charge in [-0.2, -0.15) is 0 Å². The number of benzene rings is 2. The molecule has 0 fully saturated rings. The van der Waals surface area contributed by atoms with Crippen LogP contribution in [-0.2, 0) is 19.5 Å². The molecular formula is C21H23FN4O3. The quantitative estimate of drug-likeness (QED) is 0.689. The summed E-state index contributed by atoms with van der Waals surface area (Å²) in [6.07, 6.45) is 0.670. The van der Waals surface area contributed by atoms with Crippen molar-refractivity contribution in [2.24, 2.45) is 0 Å². The lowest BCUT2D eigenvalue weighted by Crippen LogP contribution is -2.27. The Morgan fingerprint density at radius 2 is 2.14 bits per heavy atom. The molecule has 1 amide bonds. The monoisotopic (exact) mass is 398 g/mol. The molecule has 0 saturated heterocycles. The van der Waals surface area contributed by atoms with Crippen LogP contribution in [0.2, 0.25) is 0 Å². The first-order valence-corrected chi connectivity index (χ1v) is 9.54. The smallest absolute Gasteiger partial charge is 0.408 e. The van der Waals surface area contributed by atoms with E-state index in [1.807, 2.05) is 19.0 Å². The number of rotatable bonds is 5. The van der Waals surface area contributed by atoms with Crippen LogP contribution in [0, 0.1) is 5.82 Å². The van der Waals surface area contributed by atoms with Gasteiger partial charge in [0.15, 0.2) is 5.58 Å². The summed E-state index contributed by atoms with van der Waals surface area (Å²) in [6.45, 7) is 2.44. The molecule has 2 aromatic carbocycles. The van der Waals surface area contributed by atoms with Crippen LogP contribution < -0.4 is 16.4 Å². The second kappa shape index (κ2) is 7.81. The highest BCUT2D eigenvalue weighted by Crippen LogP contribution is 2.23. The number of aromatic nitrogens is 1. The molecule has 0 aliphatic carbocycles. The molecule has 152 valence electrons. The second-order valence-electron chi connectivity index (χ2n) is 7.48. The van der Waals surface area contributed by atoms with E-state index in [-0.39, 0.29) is 5.91 Å². The summed E-state index contributed by atoms with van der Waals surface area (Å²) < 4.78 is 20.8. The normalized spacial score (nSPS) is 13.7. The van der Waals surface area contributed by atoms with Crippen molar-refractivity contribution >= 4 is 22.7 Å². The fourth-order valence-corrected chi connectivity index (χ4v) is 3.64. The average molecular weight is 398 g/mol. The molecule has 0 radical (unpaired) electrons. The molecule has 0 bridgehead atoms. The molecule has 1 aliphatic rings. The van der Waals surface area contributed by atoms with Gasteiger partial charge in [-0.3, -0.25) is 9.36 Å². The minimum absolute atomic E-state index is 0.346. The first-order chi connectivity index (χ1) is 13.9. The van der Waals surface area contributed by atoms with Gasteiger partial charge in [-0.1, -0.05) is 0 Å². The SMILES string of the molecule is CN(C)CCn1c(=O)oc2ccc(NC(=O)c3cc(F)cc4c3CCNC4)cc21. The maximum Gasteiger partial charge on any atom is 0.419 e. The highest BCUT2D eigenvalue weighted by Gasteiger charge is 2.20. The van der Waals surface area contributed by atoms with Gasteiger partial charge < -0.3 is 20.0 Å². The number of amides is 1. The van der Waals surface area contributed by atoms with Gasteiger partial charge in [-0.25, -0.2) is 9.18 Å². The molecular weight excluding hydrogens is 375 g/mol. The van der Waals surface area contributed by atoms with Crippen molar-refractivity contribution in [1.29, 1.82) is 0 Å². The van der Waals surface area contributed by atoms with Crippen LogP contribution >= 0.6 is 0 Å². The van der Waals surface area contributed by atoms with E-state index in [0.29, 0.717) is 48.4 Å². The molecule has 7 nitrogen and oxygen atoms in total. The van der Waals surface area contributed by atoms with Gasteiger partial charge in [-0.05, 0) is 68.5 Å². The van der Waals surface area contributed by atoms with Crippen LogP contribution in [0.15, 0.2) is 39.5 Å². The summed E-state index contributed by atoms with van der Waals surface area (Å²) in [5, 5.41) is 6.02. The number of carbonyl (C=O) groups is 1. The molecule has 2 N–H and O–H groups in total. The van der Waals surface area contributed by atoms with Crippen LogP contribution in [0.3, 0.4) is 0 Å². The number of oxazole rings is 1. The Labute approximate surface area is 167 Å². The van der Waals surface area contributed by atoms with Crippen molar-refractivity contribution in [1.82, 2.24) is 14.8 Å². The number of carbonyl (C=O) groups excluding carboxylic acids is 1. The lowest BCUT2D eigenvalue weighted by atomic mass is 9.94. The lowest BCUT2D eigenvalue weighted by molar-refractivity contribution is 0.102. The molecule has 29 heavy (non-hydrogen) atoms. The first-order valence-electron chi connectivity index (χ1n) is 9.54. The van der Waals surface area contributed by atoms with E-state index in [1.54, 1.807) is 22.8 Å². The van der Waals surface area contributed by atoms with E-state index in [9.17, 15) is 14.0 Å². The topological polar surface area (TPSA) is 79.5 Å². The fraction of sp³-hybridized carbons (Fsp3) is 0.333. The Bertz CT molecular complexity index is 1130. The van der Waals surface area contributed by atoms with Crippen LogP contribution in [0.1, 0.15) is 21.5 Å². The van der Waals surface area contributed by atoms with Gasteiger partial charge in [0.05, 0.1) is 5.52 Å². The Balaban J connectivity index is 1.64. The Morgan fingerprint density at radius 3 is 2.93 bits per heavy atom. The first kappa shape index (κ1) is 19.4. The number of nitrogens with zero attached hydrogens (tertiary/aromatic N) is 2. The Kier molecular flexibility index (Phi) is 5.21. The van der Waals surface area contributed by atoms with Gasteiger partial charge in [0, 0.05) is 30.9 Å². The van der Waals surface area contributed by atoms with Gasteiger partial charge in [0.2, 0.25) is 0 Å². The molecule has 4 rings (SSSR count). The van der Waals surface area contributed by atoms with Crippen molar-refractivity contribution in [3.05, 3.63) is 63.4 Å². The summed E-state index contributed by atoms with van der Waals surface area (Å²) in [6, 6.07) is 7.79. The van der Waals surface area contributed by atoms with E-state index < -0.39 is 11.6 Å². The Hall–Kier alpha value is -2.97. The van der Waals surface area contributed by atoms with Crippen molar-refractivity contribution < 1.29 is 13.6 Å². The van der Waals surface area contributed by atoms with E-state index in [4.69, 9.17) is 4.42 Å². The van der Waals surface area contributed by atoms with E-state index in [2.05, 4.69) is 10.6 Å².